The molecule has 1 heterocycles. The number of carbonyl (C=O) groups is 1. The van der Waals surface area contributed by atoms with Crippen molar-refractivity contribution < 1.29 is 9.53 Å². The van der Waals surface area contributed by atoms with E-state index >= 15 is 0 Å². The molecule has 2 atom stereocenters. The molecule has 0 saturated heterocycles. The van der Waals surface area contributed by atoms with Crippen LogP contribution in [0.4, 0.5) is 11.4 Å². The van der Waals surface area contributed by atoms with Crippen molar-refractivity contribution in [2.24, 2.45) is 10.9 Å². The Bertz CT molecular complexity index is 789. The van der Waals surface area contributed by atoms with Gasteiger partial charge in [-0.05, 0) is 56.2 Å². The van der Waals surface area contributed by atoms with Gasteiger partial charge in [0, 0.05) is 18.3 Å². The topological polar surface area (TPSA) is 53.9 Å². The molecule has 1 fully saturated rings. The van der Waals surface area contributed by atoms with E-state index in [4.69, 9.17) is 9.73 Å². The number of carbonyl (C=O) groups excluding carboxylic acids is 1. The summed E-state index contributed by atoms with van der Waals surface area (Å²) in [5, 5.41) is 4.66. The van der Waals surface area contributed by atoms with Crippen molar-refractivity contribution in [2.75, 3.05) is 29.1 Å². The molecule has 0 bridgehead atoms. The van der Waals surface area contributed by atoms with Gasteiger partial charge in [-0.2, -0.15) is 0 Å². The summed E-state index contributed by atoms with van der Waals surface area (Å²) in [6, 6.07) is 7.64. The summed E-state index contributed by atoms with van der Waals surface area (Å²) < 4.78 is 5.18. The molecule has 0 spiro atoms. The van der Waals surface area contributed by atoms with Gasteiger partial charge in [0.05, 0.1) is 30.4 Å². The van der Waals surface area contributed by atoms with Gasteiger partial charge in [-0.25, -0.2) is 0 Å². The highest BCUT2D eigenvalue weighted by Gasteiger charge is 2.26. The van der Waals surface area contributed by atoms with Gasteiger partial charge in [-0.3, -0.25) is 9.79 Å². The van der Waals surface area contributed by atoms with Crippen LogP contribution in [0, 0.1) is 5.92 Å². The highest BCUT2D eigenvalue weighted by Crippen LogP contribution is 2.37. The molecule has 0 amide bonds. The SMILES string of the molecule is CCOC(=O)CC(C)c1ccc(N(CC(C)C)C2CCCCC2)c(NC2=NC(C)CS2)c1. The van der Waals surface area contributed by atoms with Crippen molar-refractivity contribution in [1.82, 2.24) is 0 Å². The summed E-state index contributed by atoms with van der Waals surface area (Å²) in [5.74, 6) is 1.58. The van der Waals surface area contributed by atoms with Gasteiger partial charge in [0.25, 0.3) is 0 Å². The third-order valence-corrected chi connectivity index (χ3v) is 7.43. The zero-order valence-corrected chi connectivity index (χ0v) is 21.3. The Morgan fingerprint density at radius 3 is 2.62 bits per heavy atom. The van der Waals surface area contributed by atoms with Crippen LogP contribution in [0.3, 0.4) is 0 Å². The molecular weight excluding hydrogens is 418 g/mol. The standard InChI is InChI=1S/C26H41N3O2S/c1-6-31-25(30)14-19(4)21-12-13-24(23(15-21)28-26-27-20(5)17-32-26)29(16-18(2)3)22-10-8-7-9-11-22/h12-13,15,18-20,22H,6-11,14,16-17H2,1-5H3,(H,27,28). The average Bonchev–Trinajstić information content (AvgIpc) is 3.17. The van der Waals surface area contributed by atoms with Crippen LogP contribution < -0.4 is 10.2 Å². The average molecular weight is 460 g/mol. The Morgan fingerprint density at radius 2 is 2.00 bits per heavy atom. The van der Waals surface area contributed by atoms with Crippen LogP contribution in [0.5, 0.6) is 0 Å². The Hall–Kier alpha value is -1.69. The van der Waals surface area contributed by atoms with E-state index in [2.05, 4.69) is 56.1 Å². The summed E-state index contributed by atoms with van der Waals surface area (Å²) in [5.41, 5.74) is 3.54. The minimum absolute atomic E-state index is 0.106. The smallest absolute Gasteiger partial charge is 0.306 e. The molecule has 1 aliphatic heterocycles. The van der Waals surface area contributed by atoms with Crippen molar-refractivity contribution in [2.45, 2.75) is 91.1 Å². The van der Waals surface area contributed by atoms with Crippen LogP contribution in [0.15, 0.2) is 23.2 Å². The lowest BCUT2D eigenvalue weighted by Crippen LogP contribution is -2.39. The third kappa shape index (κ3) is 6.90. The Balaban J connectivity index is 1.93. The van der Waals surface area contributed by atoms with Gasteiger partial charge in [0.15, 0.2) is 5.17 Å². The van der Waals surface area contributed by atoms with Crippen molar-refractivity contribution >= 4 is 34.3 Å². The highest BCUT2D eigenvalue weighted by molar-refractivity contribution is 8.14. The minimum Gasteiger partial charge on any atom is -0.466 e. The maximum absolute atomic E-state index is 12.1. The predicted molar refractivity (Wildman–Crippen MR) is 138 cm³/mol. The van der Waals surface area contributed by atoms with E-state index < -0.39 is 0 Å². The number of rotatable bonds is 9. The van der Waals surface area contributed by atoms with E-state index in [9.17, 15) is 4.79 Å². The first kappa shape index (κ1) is 24.9. The molecule has 0 aromatic heterocycles. The number of ether oxygens (including phenoxy) is 1. The van der Waals surface area contributed by atoms with E-state index in [1.807, 2.05) is 6.92 Å². The number of nitrogens with zero attached hydrogens (tertiary/aromatic N) is 2. The number of hydrogen-bond acceptors (Lipinski definition) is 6. The van der Waals surface area contributed by atoms with Crippen molar-refractivity contribution in [1.29, 1.82) is 0 Å². The lowest BCUT2D eigenvalue weighted by molar-refractivity contribution is -0.143. The summed E-state index contributed by atoms with van der Waals surface area (Å²) in [7, 11) is 0. The van der Waals surface area contributed by atoms with E-state index in [1.54, 1.807) is 11.8 Å². The first-order valence-corrected chi connectivity index (χ1v) is 13.4. The number of benzene rings is 1. The second-order valence-corrected chi connectivity index (χ2v) is 10.8. The Morgan fingerprint density at radius 1 is 1.25 bits per heavy atom. The van der Waals surface area contributed by atoms with Crippen LogP contribution in [0.25, 0.3) is 0 Å². The van der Waals surface area contributed by atoms with E-state index in [1.165, 1.54) is 37.8 Å². The molecule has 6 heteroatoms. The van der Waals surface area contributed by atoms with E-state index in [0.717, 1.165) is 28.7 Å². The van der Waals surface area contributed by atoms with Gasteiger partial charge in [-0.15, -0.1) is 0 Å². The number of nitrogens with one attached hydrogen (secondary N) is 1. The highest BCUT2D eigenvalue weighted by atomic mass is 32.2. The molecule has 1 saturated carbocycles. The third-order valence-electron chi connectivity index (χ3n) is 6.30. The fourth-order valence-electron chi connectivity index (χ4n) is 4.69. The van der Waals surface area contributed by atoms with Gasteiger partial charge < -0.3 is 15.0 Å². The van der Waals surface area contributed by atoms with Crippen LogP contribution in [0.2, 0.25) is 0 Å². The first-order valence-electron chi connectivity index (χ1n) is 12.4. The van der Waals surface area contributed by atoms with Gasteiger partial charge in [-0.1, -0.05) is 57.9 Å². The number of thioether (sulfide) groups is 1. The second-order valence-electron chi connectivity index (χ2n) is 9.74. The number of amidine groups is 1. The quantitative estimate of drug-likeness (QED) is 0.431. The van der Waals surface area contributed by atoms with Gasteiger partial charge in [0.2, 0.25) is 0 Å². The van der Waals surface area contributed by atoms with Crippen LogP contribution >= 0.6 is 11.8 Å². The lowest BCUT2D eigenvalue weighted by atomic mass is 9.92. The maximum Gasteiger partial charge on any atom is 0.306 e. The van der Waals surface area contributed by atoms with Crippen LogP contribution in [-0.4, -0.2) is 42.1 Å². The number of hydrogen-bond donors (Lipinski definition) is 1. The van der Waals surface area contributed by atoms with Crippen molar-refractivity contribution in [3.05, 3.63) is 23.8 Å². The minimum atomic E-state index is -0.133. The molecule has 1 aromatic rings. The van der Waals surface area contributed by atoms with E-state index in [-0.39, 0.29) is 11.9 Å². The summed E-state index contributed by atoms with van der Waals surface area (Å²) in [6.07, 6.45) is 6.91. The van der Waals surface area contributed by atoms with Gasteiger partial charge in [0.1, 0.15) is 0 Å². The summed E-state index contributed by atoms with van der Waals surface area (Å²) in [6.45, 7) is 12.2. The molecule has 5 nitrogen and oxygen atoms in total. The van der Waals surface area contributed by atoms with Crippen LogP contribution in [0.1, 0.15) is 84.6 Å². The second kappa shape index (κ2) is 12.0. The monoisotopic (exact) mass is 459 g/mol. The molecule has 178 valence electrons. The molecule has 1 N–H and O–H groups in total. The summed E-state index contributed by atoms with van der Waals surface area (Å²) >= 11 is 1.79. The molecule has 1 aromatic carbocycles. The number of esters is 1. The molecule has 3 rings (SSSR count). The molecule has 2 aliphatic rings. The fourth-order valence-corrected chi connectivity index (χ4v) is 5.60. The summed E-state index contributed by atoms with van der Waals surface area (Å²) in [4.78, 5) is 19.5. The van der Waals surface area contributed by atoms with Gasteiger partial charge >= 0.3 is 5.97 Å². The zero-order valence-electron chi connectivity index (χ0n) is 20.5. The fraction of sp³-hybridized carbons (Fsp3) is 0.692. The maximum atomic E-state index is 12.1. The number of anilines is 2. The normalized spacial score (nSPS) is 20.2. The van der Waals surface area contributed by atoms with Crippen LogP contribution in [-0.2, 0) is 9.53 Å². The molecule has 1 aliphatic carbocycles. The molecule has 32 heavy (non-hydrogen) atoms. The van der Waals surface area contributed by atoms with Crippen molar-refractivity contribution in [3.63, 3.8) is 0 Å². The van der Waals surface area contributed by atoms with E-state index in [0.29, 0.717) is 31.0 Å². The predicted octanol–water partition coefficient (Wildman–Crippen LogP) is 6.44. The Kier molecular flexibility index (Phi) is 9.33. The Labute approximate surface area is 198 Å². The van der Waals surface area contributed by atoms with Crippen molar-refractivity contribution in [3.8, 4) is 0 Å². The largest absolute Gasteiger partial charge is 0.466 e. The molecule has 2 unspecified atom stereocenters. The molecular formula is C26H41N3O2S. The molecule has 0 radical (unpaired) electrons. The lowest BCUT2D eigenvalue weighted by Gasteiger charge is -2.38. The number of aliphatic imine (C=N–C) groups is 1. The zero-order chi connectivity index (χ0) is 23.1. The first-order chi connectivity index (χ1) is 15.4.